The number of anilines is 1. The van der Waals surface area contributed by atoms with Crippen molar-refractivity contribution in [3.05, 3.63) is 67.3 Å². The van der Waals surface area contributed by atoms with Gasteiger partial charge in [0, 0.05) is 36.3 Å². The van der Waals surface area contributed by atoms with Crippen LogP contribution >= 0.6 is 11.3 Å². The molecule has 2 N–H and O–H groups in total. The quantitative estimate of drug-likeness (QED) is 0.449. The number of carbonyl (C=O) groups is 1. The molecule has 0 atom stereocenters. The van der Waals surface area contributed by atoms with Crippen molar-refractivity contribution in [3.63, 3.8) is 0 Å². The predicted octanol–water partition coefficient (Wildman–Crippen LogP) is 3.19. The lowest BCUT2D eigenvalue weighted by Crippen LogP contribution is -2.38. The molecule has 3 aromatic heterocycles. The fourth-order valence-corrected chi connectivity index (χ4v) is 4.49. The van der Waals surface area contributed by atoms with Gasteiger partial charge in [0.1, 0.15) is 17.3 Å². The van der Waals surface area contributed by atoms with Gasteiger partial charge in [-0.25, -0.2) is 18.6 Å². The summed E-state index contributed by atoms with van der Waals surface area (Å²) in [5.74, 6) is -1.71. The summed E-state index contributed by atoms with van der Waals surface area (Å²) in [5.41, 5.74) is 0.509. The van der Waals surface area contributed by atoms with E-state index in [-0.39, 0.29) is 34.5 Å². The average molecular weight is 474 g/mol. The third-order valence-electron chi connectivity index (χ3n) is 5.46. The van der Waals surface area contributed by atoms with Gasteiger partial charge >= 0.3 is 5.69 Å². The van der Waals surface area contributed by atoms with Crippen LogP contribution in [0.25, 0.3) is 22.3 Å². The van der Waals surface area contributed by atoms with E-state index in [9.17, 15) is 23.2 Å². The maximum absolute atomic E-state index is 14.1. The number of H-pyrrole nitrogens is 1. The Balaban J connectivity index is 1.57. The van der Waals surface area contributed by atoms with Crippen LogP contribution in [0.3, 0.4) is 0 Å². The van der Waals surface area contributed by atoms with E-state index in [2.05, 4.69) is 15.3 Å². The molecule has 4 rings (SSSR count). The van der Waals surface area contributed by atoms with Crippen LogP contribution in [0, 0.1) is 11.6 Å². The summed E-state index contributed by atoms with van der Waals surface area (Å²) in [5, 5.41) is 4.78. The molecule has 8 nitrogen and oxygen atoms in total. The van der Waals surface area contributed by atoms with Crippen LogP contribution in [0.4, 0.5) is 13.9 Å². The van der Waals surface area contributed by atoms with Gasteiger partial charge in [-0.2, -0.15) is 0 Å². The smallest absolute Gasteiger partial charge is 0.332 e. The van der Waals surface area contributed by atoms with Gasteiger partial charge in [-0.15, -0.1) is 11.3 Å². The molecule has 0 spiro atoms. The molecule has 1 aromatic carbocycles. The molecule has 3 heterocycles. The van der Waals surface area contributed by atoms with Crippen LogP contribution in [0.1, 0.15) is 25.0 Å². The summed E-state index contributed by atoms with van der Waals surface area (Å²) in [6.07, 6.45) is 1.65. The van der Waals surface area contributed by atoms with Crippen molar-refractivity contribution in [3.8, 4) is 11.3 Å². The van der Waals surface area contributed by atoms with Gasteiger partial charge in [0.2, 0.25) is 5.91 Å². The Hall–Kier alpha value is -3.60. The first kappa shape index (κ1) is 22.6. The number of nitrogens with zero attached hydrogens (tertiary/aromatic N) is 3. The number of amides is 1. The largest absolute Gasteiger partial charge is 0.347 e. The molecule has 1 amide bonds. The molecule has 0 fully saturated rings. The van der Waals surface area contributed by atoms with E-state index < -0.39 is 28.8 Å². The lowest BCUT2D eigenvalue weighted by molar-refractivity contribution is -0.115. The van der Waals surface area contributed by atoms with E-state index in [4.69, 9.17) is 0 Å². The van der Waals surface area contributed by atoms with Crippen LogP contribution in [-0.4, -0.2) is 25.0 Å². The first-order chi connectivity index (χ1) is 15.7. The molecular weight excluding hydrogens is 452 g/mol. The molecule has 0 unspecified atom stereocenters. The number of aromatic nitrogens is 4. The predicted molar refractivity (Wildman–Crippen MR) is 123 cm³/mol. The Morgan fingerprint density at radius 1 is 1.21 bits per heavy atom. The topological polar surface area (TPSA) is 102 Å². The second kappa shape index (κ2) is 8.74. The highest BCUT2D eigenvalue weighted by atomic mass is 32.1. The summed E-state index contributed by atoms with van der Waals surface area (Å²) >= 11 is 1.12. The SMILES string of the molecule is CCc1c(F)cc(-c2csc(NC(=O)Cc3c[nH]c4c3c(=O)n(C)c(=O)n4CC)n2)cc1F. The molecule has 11 heteroatoms. The van der Waals surface area contributed by atoms with Crippen LogP contribution in [0.2, 0.25) is 0 Å². The van der Waals surface area contributed by atoms with E-state index in [0.717, 1.165) is 15.9 Å². The zero-order valence-electron chi connectivity index (χ0n) is 18.2. The number of hydrogen-bond donors (Lipinski definition) is 2. The highest BCUT2D eigenvalue weighted by Crippen LogP contribution is 2.28. The summed E-state index contributed by atoms with van der Waals surface area (Å²) in [6, 6.07) is 2.44. The summed E-state index contributed by atoms with van der Waals surface area (Å²) in [6.45, 7) is 3.81. The highest BCUT2D eigenvalue weighted by Gasteiger charge is 2.18. The lowest BCUT2D eigenvalue weighted by Gasteiger charge is -2.07. The Bertz CT molecular complexity index is 1480. The summed E-state index contributed by atoms with van der Waals surface area (Å²) in [7, 11) is 1.39. The van der Waals surface area contributed by atoms with Crippen molar-refractivity contribution in [1.29, 1.82) is 0 Å². The first-order valence-electron chi connectivity index (χ1n) is 10.3. The van der Waals surface area contributed by atoms with Gasteiger partial charge in [0.05, 0.1) is 17.5 Å². The van der Waals surface area contributed by atoms with E-state index in [0.29, 0.717) is 23.4 Å². The Morgan fingerprint density at radius 2 is 1.91 bits per heavy atom. The minimum absolute atomic E-state index is 0.0147. The zero-order valence-corrected chi connectivity index (χ0v) is 19.0. The summed E-state index contributed by atoms with van der Waals surface area (Å²) in [4.78, 5) is 44.7. The molecule has 172 valence electrons. The molecule has 0 saturated heterocycles. The van der Waals surface area contributed by atoms with Crippen molar-refractivity contribution in [1.82, 2.24) is 19.1 Å². The third kappa shape index (κ3) is 3.99. The van der Waals surface area contributed by atoms with E-state index in [1.54, 1.807) is 19.2 Å². The monoisotopic (exact) mass is 473 g/mol. The number of halogens is 2. The second-order valence-electron chi connectivity index (χ2n) is 7.46. The van der Waals surface area contributed by atoms with E-state index in [1.165, 1.54) is 29.9 Å². The van der Waals surface area contributed by atoms with Crippen LogP contribution in [0.5, 0.6) is 0 Å². The fraction of sp³-hybridized carbons (Fsp3) is 0.273. The molecule has 4 aromatic rings. The number of nitrogens with one attached hydrogen (secondary N) is 2. The minimum atomic E-state index is -0.641. The number of hydrogen-bond acceptors (Lipinski definition) is 5. The van der Waals surface area contributed by atoms with Crippen LogP contribution in [-0.2, 0) is 31.2 Å². The molecular formula is C22H21F2N5O3S. The van der Waals surface area contributed by atoms with Crippen molar-refractivity contribution >= 4 is 33.4 Å². The normalized spacial score (nSPS) is 11.3. The van der Waals surface area contributed by atoms with E-state index in [1.807, 2.05) is 0 Å². The minimum Gasteiger partial charge on any atom is -0.347 e. The lowest BCUT2D eigenvalue weighted by atomic mass is 10.1. The van der Waals surface area contributed by atoms with Gasteiger partial charge < -0.3 is 10.3 Å². The molecule has 33 heavy (non-hydrogen) atoms. The van der Waals surface area contributed by atoms with Gasteiger partial charge in [-0.1, -0.05) is 6.92 Å². The maximum atomic E-state index is 14.1. The third-order valence-corrected chi connectivity index (χ3v) is 6.21. The number of thiazole rings is 1. The highest BCUT2D eigenvalue weighted by molar-refractivity contribution is 7.14. The molecule has 0 saturated carbocycles. The van der Waals surface area contributed by atoms with E-state index >= 15 is 0 Å². The van der Waals surface area contributed by atoms with Crippen molar-refractivity contribution in [2.75, 3.05) is 5.32 Å². The van der Waals surface area contributed by atoms with Gasteiger partial charge in [0.25, 0.3) is 5.56 Å². The standard InChI is InChI=1S/C22H21F2N5O3S/c1-4-13-14(23)6-11(7-15(13)24)16-10-33-21(26-16)27-17(30)8-12-9-25-19-18(12)20(31)28(3)22(32)29(19)5-2/h6-7,9-10,25H,4-5,8H2,1-3H3,(H,26,27,30). The van der Waals surface area contributed by atoms with Gasteiger partial charge in [-0.05, 0) is 31.0 Å². The molecule has 0 bridgehead atoms. The van der Waals surface area contributed by atoms with Crippen molar-refractivity contribution in [2.24, 2.45) is 7.05 Å². The van der Waals surface area contributed by atoms with Crippen LogP contribution < -0.4 is 16.6 Å². The van der Waals surface area contributed by atoms with Gasteiger partial charge in [0.15, 0.2) is 5.13 Å². The molecule has 0 radical (unpaired) electrons. The number of rotatable bonds is 6. The Kier molecular flexibility index (Phi) is 5.98. The average Bonchev–Trinajstić information content (AvgIpc) is 3.40. The Labute approximate surface area is 190 Å². The number of benzene rings is 1. The zero-order chi connectivity index (χ0) is 23.9. The molecule has 0 aliphatic rings. The van der Waals surface area contributed by atoms with Crippen molar-refractivity contribution < 1.29 is 13.6 Å². The Morgan fingerprint density at radius 3 is 2.55 bits per heavy atom. The number of aromatic amines is 1. The molecule has 0 aliphatic heterocycles. The van der Waals surface area contributed by atoms with Crippen LogP contribution in [0.15, 0.2) is 33.3 Å². The van der Waals surface area contributed by atoms with Crippen molar-refractivity contribution in [2.45, 2.75) is 33.2 Å². The molecule has 0 aliphatic carbocycles. The second-order valence-corrected chi connectivity index (χ2v) is 8.32. The fourth-order valence-electron chi connectivity index (χ4n) is 3.76. The first-order valence-corrected chi connectivity index (χ1v) is 11.2. The number of carbonyl (C=O) groups excluding carboxylic acids is 1. The number of fused-ring (bicyclic) bond motifs is 1. The maximum Gasteiger partial charge on any atom is 0.332 e. The summed E-state index contributed by atoms with van der Waals surface area (Å²) < 4.78 is 30.6. The van der Waals surface area contributed by atoms with Gasteiger partial charge in [-0.3, -0.25) is 18.7 Å². The number of aryl methyl sites for hydroxylation is 1.